The molecular weight excluding hydrogens is 231 g/mol. The van der Waals surface area contributed by atoms with E-state index >= 15 is 0 Å². The second-order valence-electron chi connectivity index (χ2n) is 3.07. The van der Waals surface area contributed by atoms with Gasteiger partial charge in [0.15, 0.2) is 0 Å². The zero-order chi connectivity index (χ0) is 9.10. The van der Waals surface area contributed by atoms with Crippen LogP contribution in [-0.2, 0) is 6.42 Å². The minimum atomic E-state index is 0. The van der Waals surface area contributed by atoms with Gasteiger partial charge < -0.3 is 5.73 Å². The van der Waals surface area contributed by atoms with Crippen molar-refractivity contribution < 1.29 is 0 Å². The van der Waals surface area contributed by atoms with Crippen molar-refractivity contribution in [2.75, 3.05) is 6.54 Å². The zero-order valence-corrected chi connectivity index (χ0v) is 9.85. The number of hydrogen-bond acceptors (Lipinski definition) is 2. The van der Waals surface area contributed by atoms with Crippen LogP contribution in [0.15, 0.2) is 36.5 Å². The van der Waals surface area contributed by atoms with E-state index in [4.69, 9.17) is 5.73 Å². The van der Waals surface area contributed by atoms with Crippen molar-refractivity contribution >= 4 is 35.7 Å². The molecule has 0 saturated heterocycles. The van der Waals surface area contributed by atoms with E-state index in [0.717, 1.165) is 11.9 Å². The molecule has 0 unspecified atom stereocenters. The molecule has 1 aromatic carbocycles. The fourth-order valence-corrected chi connectivity index (χ4v) is 1.45. The van der Waals surface area contributed by atoms with Gasteiger partial charge in [-0.2, -0.15) is 0 Å². The molecule has 0 aliphatic carbocycles. The minimum Gasteiger partial charge on any atom is -0.330 e. The number of fused-ring (bicyclic) bond motifs is 1. The largest absolute Gasteiger partial charge is 0.330 e. The summed E-state index contributed by atoms with van der Waals surface area (Å²) in [6.07, 6.45) is 2.75. The quantitative estimate of drug-likeness (QED) is 0.883. The van der Waals surface area contributed by atoms with Crippen molar-refractivity contribution in [2.24, 2.45) is 5.73 Å². The molecule has 0 saturated carbocycles. The fraction of sp³-hybridized carbons (Fsp3) is 0.182. The third kappa shape index (κ3) is 3.34. The number of nitrogens with zero attached hydrogens (tertiary/aromatic N) is 1. The van der Waals surface area contributed by atoms with Crippen LogP contribution in [0.4, 0.5) is 0 Å². The SMILES string of the molecule is Cl.Cl.NCCc1ccc2ncccc2c1. The van der Waals surface area contributed by atoms with Crippen molar-refractivity contribution in [1.82, 2.24) is 4.98 Å². The third-order valence-corrected chi connectivity index (χ3v) is 2.10. The highest BCUT2D eigenvalue weighted by atomic mass is 35.5. The third-order valence-electron chi connectivity index (χ3n) is 2.10. The van der Waals surface area contributed by atoms with Gasteiger partial charge in [0, 0.05) is 11.6 Å². The molecule has 82 valence electrons. The molecule has 0 fully saturated rings. The molecule has 0 aliphatic heterocycles. The molecule has 2 rings (SSSR count). The van der Waals surface area contributed by atoms with E-state index in [2.05, 4.69) is 23.2 Å². The average Bonchev–Trinajstić information content (AvgIpc) is 2.18. The molecule has 2 nitrogen and oxygen atoms in total. The Morgan fingerprint density at radius 3 is 2.67 bits per heavy atom. The summed E-state index contributed by atoms with van der Waals surface area (Å²) in [5.41, 5.74) is 7.81. The summed E-state index contributed by atoms with van der Waals surface area (Å²) in [7, 11) is 0. The van der Waals surface area contributed by atoms with E-state index in [1.165, 1.54) is 10.9 Å². The highest BCUT2D eigenvalue weighted by Crippen LogP contribution is 2.13. The van der Waals surface area contributed by atoms with Gasteiger partial charge >= 0.3 is 0 Å². The summed E-state index contributed by atoms with van der Waals surface area (Å²) >= 11 is 0. The number of pyridine rings is 1. The molecular formula is C11H14Cl2N2. The first kappa shape index (κ1) is 14.2. The lowest BCUT2D eigenvalue weighted by atomic mass is 10.1. The summed E-state index contributed by atoms with van der Waals surface area (Å²) in [4.78, 5) is 4.25. The maximum atomic E-state index is 5.49. The van der Waals surface area contributed by atoms with Crippen LogP contribution in [0, 0.1) is 0 Å². The molecule has 1 heterocycles. The standard InChI is InChI=1S/C11H12N2.2ClH/c12-6-5-9-3-4-11-10(8-9)2-1-7-13-11;;/h1-4,7-8H,5-6,12H2;2*1H. The molecule has 0 amide bonds. The molecule has 0 spiro atoms. The molecule has 1 aromatic heterocycles. The highest BCUT2D eigenvalue weighted by molar-refractivity contribution is 5.85. The predicted molar refractivity (Wildman–Crippen MR) is 69.0 cm³/mol. The lowest BCUT2D eigenvalue weighted by Gasteiger charge is -2.00. The maximum Gasteiger partial charge on any atom is 0.0702 e. The average molecular weight is 245 g/mol. The maximum absolute atomic E-state index is 5.49. The first-order chi connectivity index (χ1) is 6.40. The normalized spacial score (nSPS) is 9.13. The molecule has 0 aliphatic rings. The minimum absolute atomic E-state index is 0. The number of hydrogen-bond donors (Lipinski definition) is 1. The van der Waals surface area contributed by atoms with Crippen LogP contribution < -0.4 is 5.73 Å². The molecule has 2 N–H and O–H groups in total. The van der Waals surface area contributed by atoms with Gasteiger partial charge in [-0.3, -0.25) is 4.98 Å². The Kier molecular flexibility index (Phi) is 6.25. The highest BCUT2D eigenvalue weighted by Gasteiger charge is 1.95. The molecule has 2 aromatic rings. The van der Waals surface area contributed by atoms with Gasteiger partial charge in [-0.05, 0) is 36.7 Å². The molecule has 4 heteroatoms. The van der Waals surface area contributed by atoms with E-state index in [1.807, 2.05) is 18.3 Å². The van der Waals surface area contributed by atoms with Crippen molar-refractivity contribution in [3.05, 3.63) is 42.1 Å². The Bertz CT molecular complexity index is 418. The van der Waals surface area contributed by atoms with Crippen LogP contribution >= 0.6 is 24.8 Å². The van der Waals surface area contributed by atoms with E-state index in [0.29, 0.717) is 6.54 Å². The predicted octanol–water partition coefficient (Wildman–Crippen LogP) is 2.58. The number of halogens is 2. The fourth-order valence-electron chi connectivity index (χ4n) is 1.45. The van der Waals surface area contributed by atoms with E-state index in [1.54, 1.807) is 0 Å². The van der Waals surface area contributed by atoms with E-state index < -0.39 is 0 Å². The van der Waals surface area contributed by atoms with Crippen molar-refractivity contribution in [1.29, 1.82) is 0 Å². The monoisotopic (exact) mass is 244 g/mol. The Morgan fingerprint density at radius 2 is 1.93 bits per heavy atom. The van der Waals surface area contributed by atoms with Crippen LogP contribution in [-0.4, -0.2) is 11.5 Å². The van der Waals surface area contributed by atoms with Gasteiger partial charge in [0.2, 0.25) is 0 Å². The van der Waals surface area contributed by atoms with Crippen LogP contribution in [0.3, 0.4) is 0 Å². The van der Waals surface area contributed by atoms with Crippen LogP contribution in [0.5, 0.6) is 0 Å². The summed E-state index contributed by atoms with van der Waals surface area (Å²) in [5, 5.41) is 1.19. The van der Waals surface area contributed by atoms with Gasteiger partial charge in [-0.1, -0.05) is 12.1 Å². The van der Waals surface area contributed by atoms with Crippen LogP contribution in [0.2, 0.25) is 0 Å². The van der Waals surface area contributed by atoms with E-state index in [9.17, 15) is 0 Å². The zero-order valence-electron chi connectivity index (χ0n) is 8.22. The Hall–Kier alpha value is -0.830. The molecule has 0 atom stereocenters. The van der Waals surface area contributed by atoms with E-state index in [-0.39, 0.29) is 24.8 Å². The lowest BCUT2D eigenvalue weighted by Crippen LogP contribution is -2.02. The van der Waals surface area contributed by atoms with Gasteiger partial charge in [0.25, 0.3) is 0 Å². The second kappa shape index (κ2) is 6.62. The lowest BCUT2D eigenvalue weighted by molar-refractivity contribution is 0.971. The first-order valence-corrected chi connectivity index (χ1v) is 4.44. The van der Waals surface area contributed by atoms with Crippen molar-refractivity contribution in [2.45, 2.75) is 6.42 Å². The first-order valence-electron chi connectivity index (χ1n) is 4.44. The summed E-state index contributed by atoms with van der Waals surface area (Å²) in [6, 6.07) is 10.3. The number of nitrogens with two attached hydrogens (primary N) is 1. The number of aromatic nitrogens is 1. The van der Waals surface area contributed by atoms with Gasteiger partial charge in [-0.25, -0.2) is 0 Å². The van der Waals surface area contributed by atoms with Gasteiger partial charge in [-0.15, -0.1) is 24.8 Å². The second-order valence-corrected chi connectivity index (χ2v) is 3.07. The summed E-state index contributed by atoms with van der Waals surface area (Å²) in [6.45, 7) is 0.700. The van der Waals surface area contributed by atoms with Crippen molar-refractivity contribution in [3.8, 4) is 0 Å². The Balaban J connectivity index is 0.000000980. The summed E-state index contributed by atoms with van der Waals surface area (Å²) in [5.74, 6) is 0. The molecule has 0 bridgehead atoms. The number of rotatable bonds is 2. The summed E-state index contributed by atoms with van der Waals surface area (Å²) < 4.78 is 0. The topological polar surface area (TPSA) is 38.9 Å². The molecule has 15 heavy (non-hydrogen) atoms. The van der Waals surface area contributed by atoms with Crippen LogP contribution in [0.25, 0.3) is 10.9 Å². The Labute approximate surface area is 102 Å². The Morgan fingerprint density at radius 1 is 1.13 bits per heavy atom. The van der Waals surface area contributed by atoms with Crippen molar-refractivity contribution in [3.63, 3.8) is 0 Å². The number of benzene rings is 1. The van der Waals surface area contributed by atoms with Gasteiger partial charge in [0.1, 0.15) is 0 Å². The van der Waals surface area contributed by atoms with Gasteiger partial charge in [0.05, 0.1) is 5.52 Å². The van der Waals surface area contributed by atoms with Crippen LogP contribution in [0.1, 0.15) is 5.56 Å². The molecule has 0 radical (unpaired) electrons. The smallest absolute Gasteiger partial charge is 0.0702 e.